The largest absolute Gasteiger partial charge is 0.427 e. The van der Waals surface area contributed by atoms with Crippen molar-refractivity contribution < 1.29 is 19.1 Å². The van der Waals surface area contributed by atoms with E-state index in [2.05, 4.69) is 12.2 Å². The highest BCUT2D eigenvalue weighted by Crippen LogP contribution is 2.17. The lowest BCUT2D eigenvalue weighted by molar-refractivity contribution is -0.161. The zero-order chi connectivity index (χ0) is 16.8. The fourth-order valence-electron chi connectivity index (χ4n) is 1.46. The van der Waals surface area contributed by atoms with E-state index in [-0.39, 0.29) is 5.92 Å². The molecular weight excluding hydrogens is 306 g/mol. The second kappa shape index (κ2) is 8.03. The van der Waals surface area contributed by atoms with E-state index in [9.17, 15) is 9.59 Å². The van der Waals surface area contributed by atoms with Crippen molar-refractivity contribution in [3.63, 3.8) is 0 Å². The van der Waals surface area contributed by atoms with Gasteiger partial charge in [0.2, 0.25) is 6.79 Å². The van der Waals surface area contributed by atoms with Gasteiger partial charge in [0.05, 0.1) is 5.41 Å². The van der Waals surface area contributed by atoms with Crippen LogP contribution in [0.1, 0.15) is 32.3 Å². The van der Waals surface area contributed by atoms with Gasteiger partial charge in [0.1, 0.15) is 0 Å². The molecule has 0 unspecified atom stereocenters. The van der Waals surface area contributed by atoms with Crippen LogP contribution in [0.5, 0.6) is 0 Å². The van der Waals surface area contributed by atoms with Gasteiger partial charge in [-0.3, -0.25) is 4.79 Å². The number of benzene rings is 1. The van der Waals surface area contributed by atoms with Crippen molar-refractivity contribution in [2.24, 2.45) is 5.41 Å². The summed E-state index contributed by atoms with van der Waals surface area (Å²) in [6, 6.07) is 7.22. The molecule has 0 spiro atoms. The quantitative estimate of drug-likeness (QED) is 0.664. The summed E-state index contributed by atoms with van der Waals surface area (Å²) in [7, 11) is 0. The third-order valence-electron chi connectivity index (χ3n) is 2.83. The number of alkyl carbamates (subject to hydrolysis) is 1. The van der Waals surface area contributed by atoms with Gasteiger partial charge in [-0.15, -0.1) is 0 Å². The highest BCUT2D eigenvalue weighted by Gasteiger charge is 2.23. The smallest absolute Gasteiger partial charge is 0.410 e. The van der Waals surface area contributed by atoms with E-state index in [1.54, 1.807) is 32.9 Å². The van der Waals surface area contributed by atoms with Crippen LogP contribution in [0.3, 0.4) is 0 Å². The van der Waals surface area contributed by atoms with Crippen LogP contribution in [0.15, 0.2) is 24.3 Å². The third kappa shape index (κ3) is 6.35. The van der Waals surface area contributed by atoms with Crippen LogP contribution in [0.4, 0.5) is 4.79 Å². The van der Waals surface area contributed by atoms with Crippen molar-refractivity contribution in [1.82, 2.24) is 5.32 Å². The fourth-order valence-corrected chi connectivity index (χ4v) is 1.59. The second-order valence-electron chi connectivity index (χ2n) is 5.86. The Morgan fingerprint density at radius 2 is 1.82 bits per heavy atom. The molecule has 0 aromatic heterocycles. The second-order valence-corrected chi connectivity index (χ2v) is 6.30. The summed E-state index contributed by atoms with van der Waals surface area (Å²) in [6.45, 7) is 8.99. The number of halogens is 1. The molecule has 0 fully saturated rings. The minimum atomic E-state index is -0.663. The standard InChI is InChI=1S/C16H21ClNO4/c1-11(12-5-7-13(17)8-6-12)9-18-15(20)22-10-21-14(19)16(2,3)4/h5-8,11H,1,9-10H2,2-4H3,(H,18,20)/t11-/m0/s1. The molecule has 1 atom stereocenters. The number of carbonyl (C=O) groups excluding carboxylic acids is 2. The Morgan fingerprint density at radius 1 is 1.23 bits per heavy atom. The molecule has 0 saturated carbocycles. The first kappa shape index (κ1) is 18.3. The number of rotatable bonds is 5. The molecule has 1 radical (unpaired) electrons. The van der Waals surface area contributed by atoms with Gasteiger partial charge >= 0.3 is 12.1 Å². The van der Waals surface area contributed by atoms with Crippen molar-refractivity contribution in [3.05, 3.63) is 41.8 Å². The average molecular weight is 327 g/mol. The topological polar surface area (TPSA) is 64.6 Å². The molecule has 1 aromatic carbocycles. The minimum absolute atomic E-state index is 0.137. The molecule has 5 nitrogen and oxygen atoms in total. The summed E-state index contributed by atoms with van der Waals surface area (Å²) in [4.78, 5) is 23.0. The summed E-state index contributed by atoms with van der Waals surface area (Å²) in [6.07, 6.45) is -0.663. The van der Waals surface area contributed by atoms with Gasteiger partial charge in [-0.05, 0) is 45.4 Å². The molecule has 1 amide bonds. The predicted octanol–water partition coefficient (Wildman–Crippen LogP) is 3.53. The van der Waals surface area contributed by atoms with E-state index in [0.29, 0.717) is 11.6 Å². The highest BCUT2D eigenvalue weighted by molar-refractivity contribution is 6.30. The minimum Gasteiger partial charge on any atom is -0.427 e. The summed E-state index contributed by atoms with van der Waals surface area (Å²) in [5.41, 5.74) is 0.316. The number of nitrogens with one attached hydrogen (secondary N) is 1. The van der Waals surface area contributed by atoms with Gasteiger partial charge in [-0.2, -0.15) is 0 Å². The molecule has 1 rings (SSSR count). The summed E-state index contributed by atoms with van der Waals surface area (Å²) >= 11 is 5.81. The van der Waals surface area contributed by atoms with Crippen molar-refractivity contribution in [1.29, 1.82) is 0 Å². The zero-order valence-electron chi connectivity index (χ0n) is 13.0. The number of hydrogen-bond donors (Lipinski definition) is 1. The molecule has 1 aromatic rings. The van der Waals surface area contributed by atoms with E-state index < -0.39 is 24.3 Å². The van der Waals surface area contributed by atoms with Gasteiger partial charge in [-0.25, -0.2) is 4.79 Å². The number of ether oxygens (including phenoxy) is 2. The molecule has 121 valence electrons. The molecule has 0 aliphatic rings. The summed E-state index contributed by atoms with van der Waals surface area (Å²) < 4.78 is 9.60. The fraction of sp³-hybridized carbons (Fsp3) is 0.438. The van der Waals surface area contributed by atoms with Crippen LogP contribution >= 0.6 is 11.6 Å². The van der Waals surface area contributed by atoms with Crippen LogP contribution in [-0.4, -0.2) is 25.4 Å². The maximum atomic E-state index is 11.5. The SMILES string of the molecule is [CH2][C@@H](CNC(=O)OCOC(=O)C(C)(C)C)c1ccc(Cl)cc1. The van der Waals surface area contributed by atoms with E-state index in [1.807, 2.05) is 12.1 Å². The zero-order valence-corrected chi connectivity index (χ0v) is 13.8. The molecule has 0 aliphatic carbocycles. The van der Waals surface area contributed by atoms with E-state index in [1.165, 1.54) is 0 Å². The Morgan fingerprint density at radius 3 is 2.36 bits per heavy atom. The van der Waals surface area contributed by atoms with Crippen molar-refractivity contribution in [3.8, 4) is 0 Å². The maximum absolute atomic E-state index is 11.5. The van der Waals surface area contributed by atoms with Crippen LogP contribution in [-0.2, 0) is 14.3 Å². The Labute approximate surface area is 135 Å². The van der Waals surface area contributed by atoms with Crippen LogP contribution in [0, 0.1) is 12.3 Å². The molecule has 0 heterocycles. The summed E-state index contributed by atoms with van der Waals surface area (Å²) in [5, 5.41) is 3.20. The first-order chi connectivity index (χ1) is 10.2. The van der Waals surface area contributed by atoms with E-state index >= 15 is 0 Å². The number of amides is 1. The van der Waals surface area contributed by atoms with Crippen LogP contribution < -0.4 is 5.32 Å². The van der Waals surface area contributed by atoms with Crippen molar-refractivity contribution >= 4 is 23.7 Å². The Bertz CT molecular complexity index is 508. The molecule has 0 saturated heterocycles. The van der Waals surface area contributed by atoms with Crippen LogP contribution in [0.2, 0.25) is 5.02 Å². The predicted molar refractivity (Wildman–Crippen MR) is 84.4 cm³/mol. The Balaban J connectivity index is 2.28. The molecule has 22 heavy (non-hydrogen) atoms. The van der Waals surface area contributed by atoms with Gasteiger partial charge in [0.25, 0.3) is 0 Å². The number of esters is 1. The van der Waals surface area contributed by atoms with Crippen molar-refractivity contribution in [2.45, 2.75) is 26.7 Å². The van der Waals surface area contributed by atoms with Gasteiger partial charge in [-0.1, -0.05) is 23.7 Å². The highest BCUT2D eigenvalue weighted by atomic mass is 35.5. The molecular formula is C16H21ClNO4. The van der Waals surface area contributed by atoms with E-state index in [4.69, 9.17) is 21.1 Å². The first-order valence-corrected chi connectivity index (χ1v) is 7.24. The van der Waals surface area contributed by atoms with E-state index in [0.717, 1.165) is 5.56 Å². The van der Waals surface area contributed by atoms with Crippen molar-refractivity contribution in [2.75, 3.05) is 13.3 Å². The lowest BCUT2D eigenvalue weighted by atomic mass is 9.98. The molecule has 6 heteroatoms. The van der Waals surface area contributed by atoms with Gasteiger partial charge < -0.3 is 14.8 Å². The van der Waals surface area contributed by atoms with Gasteiger partial charge in [0, 0.05) is 17.5 Å². The maximum Gasteiger partial charge on any atom is 0.410 e. The number of hydrogen-bond acceptors (Lipinski definition) is 4. The molecule has 0 bridgehead atoms. The average Bonchev–Trinajstić information content (AvgIpc) is 2.44. The lowest BCUT2D eigenvalue weighted by Crippen LogP contribution is -2.30. The monoisotopic (exact) mass is 326 g/mol. The molecule has 0 aliphatic heterocycles. The normalized spacial score (nSPS) is 12.4. The Hall–Kier alpha value is -1.75. The third-order valence-corrected chi connectivity index (χ3v) is 3.08. The number of carbonyl (C=O) groups is 2. The lowest BCUT2D eigenvalue weighted by Gasteiger charge is -2.17. The van der Waals surface area contributed by atoms with Crippen LogP contribution in [0.25, 0.3) is 0 Å². The summed E-state index contributed by atoms with van der Waals surface area (Å²) in [5.74, 6) is -0.571. The Kier molecular flexibility index (Phi) is 6.68. The van der Waals surface area contributed by atoms with Gasteiger partial charge in [0.15, 0.2) is 0 Å². The molecule has 1 N–H and O–H groups in total. The first-order valence-electron chi connectivity index (χ1n) is 6.86.